The minimum atomic E-state index is -0.764. The molecule has 1 aliphatic carbocycles. The molecule has 0 aromatic heterocycles. The summed E-state index contributed by atoms with van der Waals surface area (Å²) in [6.07, 6.45) is 3.23. The number of thiocarbonyl (C=S) groups is 1. The zero-order valence-corrected chi connectivity index (χ0v) is 12.5. The number of primary amides is 1. The predicted octanol–water partition coefficient (Wildman–Crippen LogP) is 0.803. The summed E-state index contributed by atoms with van der Waals surface area (Å²) in [5, 5.41) is 0. The Bertz CT molecular complexity index is 376. The van der Waals surface area contributed by atoms with Crippen LogP contribution in [0.3, 0.4) is 0 Å². The van der Waals surface area contributed by atoms with Crippen LogP contribution in [0.4, 0.5) is 0 Å². The second-order valence-electron chi connectivity index (χ2n) is 5.70. The van der Waals surface area contributed by atoms with Crippen molar-refractivity contribution in [1.29, 1.82) is 0 Å². The minimum absolute atomic E-state index is 0.0681. The highest BCUT2D eigenvalue weighted by atomic mass is 32.1. The van der Waals surface area contributed by atoms with E-state index in [4.69, 9.17) is 23.7 Å². The van der Waals surface area contributed by atoms with Gasteiger partial charge in [0.15, 0.2) is 0 Å². The lowest BCUT2D eigenvalue weighted by atomic mass is 9.84. The van der Waals surface area contributed by atoms with Crippen molar-refractivity contribution in [3.8, 4) is 0 Å². The van der Waals surface area contributed by atoms with Crippen LogP contribution in [0, 0.1) is 11.3 Å². The van der Waals surface area contributed by atoms with Crippen molar-refractivity contribution in [2.75, 3.05) is 13.1 Å². The van der Waals surface area contributed by atoms with E-state index in [9.17, 15) is 9.59 Å². The van der Waals surface area contributed by atoms with Gasteiger partial charge in [-0.15, -0.1) is 0 Å². The second kappa shape index (κ2) is 6.32. The quantitative estimate of drug-likeness (QED) is 0.706. The van der Waals surface area contributed by atoms with Crippen LogP contribution in [-0.4, -0.2) is 34.8 Å². The molecule has 0 atom stereocenters. The smallest absolute Gasteiger partial charge is 0.237 e. The standard InChI is InChI=1S/C13H23N3O2S/c1-9(2)7-16(8-10(14)17)12(18)13(11(15)19)5-3-4-6-13/h9H,3-8H2,1-2H3,(H2,14,17)(H2,15,19). The third-order valence-electron chi connectivity index (χ3n) is 3.56. The molecule has 0 aromatic rings. The molecule has 1 saturated carbocycles. The Labute approximate surface area is 119 Å². The van der Waals surface area contributed by atoms with Gasteiger partial charge in [-0.3, -0.25) is 9.59 Å². The fraction of sp³-hybridized carbons (Fsp3) is 0.769. The molecule has 4 N–H and O–H groups in total. The Morgan fingerprint density at radius 3 is 2.16 bits per heavy atom. The van der Waals surface area contributed by atoms with Crippen molar-refractivity contribution in [3.63, 3.8) is 0 Å². The highest BCUT2D eigenvalue weighted by Crippen LogP contribution is 2.40. The van der Waals surface area contributed by atoms with Crippen LogP contribution in [0.15, 0.2) is 0 Å². The van der Waals surface area contributed by atoms with Gasteiger partial charge in [0, 0.05) is 6.54 Å². The van der Waals surface area contributed by atoms with E-state index in [2.05, 4.69) is 0 Å². The topological polar surface area (TPSA) is 89.4 Å². The summed E-state index contributed by atoms with van der Waals surface area (Å²) in [5.41, 5.74) is 10.3. The van der Waals surface area contributed by atoms with Gasteiger partial charge < -0.3 is 16.4 Å². The normalized spacial score (nSPS) is 17.4. The van der Waals surface area contributed by atoms with Crippen molar-refractivity contribution >= 4 is 29.0 Å². The Morgan fingerprint density at radius 1 is 1.26 bits per heavy atom. The number of nitrogens with zero attached hydrogens (tertiary/aromatic N) is 1. The summed E-state index contributed by atoms with van der Waals surface area (Å²) in [7, 11) is 0. The van der Waals surface area contributed by atoms with Crippen molar-refractivity contribution < 1.29 is 9.59 Å². The van der Waals surface area contributed by atoms with E-state index in [1.165, 1.54) is 4.90 Å². The van der Waals surface area contributed by atoms with E-state index >= 15 is 0 Å². The zero-order valence-electron chi connectivity index (χ0n) is 11.6. The maximum atomic E-state index is 12.7. The average molecular weight is 285 g/mol. The predicted molar refractivity (Wildman–Crippen MR) is 78.3 cm³/mol. The van der Waals surface area contributed by atoms with E-state index in [0.717, 1.165) is 12.8 Å². The van der Waals surface area contributed by atoms with Crippen LogP contribution < -0.4 is 11.5 Å². The van der Waals surface area contributed by atoms with Gasteiger partial charge in [0.25, 0.3) is 0 Å². The fourth-order valence-electron chi connectivity index (χ4n) is 2.70. The van der Waals surface area contributed by atoms with Crippen LogP contribution in [0.5, 0.6) is 0 Å². The van der Waals surface area contributed by atoms with Gasteiger partial charge in [-0.25, -0.2) is 0 Å². The van der Waals surface area contributed by atoms with Crippen molar-refractivity contribution in [2.24, 2.45) is 22.8 Å². The van der Waals surface area contributed by atoms with E-state index in [0.29, 0.717) is 19.4 Å². The molecule has 0 aliphatic heterocycles. The van der Waals surface area contributed by atoms with Crippen LogP contribution in [0.1, 0.15) is 39.5 Å². The monoisotopic (exact) mass is 285 g/mol. The Kier molecular flexibility index (Phi) is 5.29. The SMILES string of the molecule is CC(C)CN(CC(N)=O)C(=O)C1(C(N)=S)CCCC1. The molecule has 108 valence electrons. The molecule has 0 heterocycles. The largest absolute Gasteiger partial charge is 0.392 e. The van der Waals surface area contributed by atoms with E-state index in [1.54, 1.807) is 0 Å². The summed E-state index contributed by atoms with van der Waals surface area (Å²) >= 11 is 5.10. The van der Waals surface area contributed by atoms with Gasteiger partial charge in [0.2, 0.25) is 11.8 Å². The first-order chi connectivity index (χ1) is 8.79. The molecule has 6 heteroatoms. The van der Waals surface area contributed by atoms with Gasteiger partial charge in [-0.05, 0) is 18.8 Å². The number of hydrogen-bond acceptors (Lipinski definition) is 3. The number of carbonyl (C=O) groups excluding carboxylic acids is 2. The molecular formula is C13H23N3O2S. The zero-order chi connectivity index (χ0) is 14.6. The second-order valence-corrected chi connectivity index (χ2v) is 6.14. The molecule has 1 fully saturated rings. The van der Waals surface area contributed by atoms with Crippen LogP contribution in [0.25, 0.3) is 0 Å². The van der Waals surface area contributed by atoms with Crippen molar-refractivity contribution in [2.45, 2.75) is 39.5 Å². The van der Waals surface area contributed by atoms with E-state index < -0.39 is 11.3 Å². The number of amides is 2. The summed E-state index contributed by atoms with van der Waals surface area (Å²) < 4.78 is 0. The Hall–Kier alpha value is -1.17. The molecule has 0 unspecified atom stereocenters. The Morgan fingerprint density at radius 2 is 1.79 bits per heavy atom. The summed E-state index contributed by atoms with van der Waals surface area (Å²) in [4.78, 5) is 25.6. The number of carbonyl (C=O) groups is 2. The van der Waals surface area contributed by atoms with Gasteiger partial charge in [0.05, 0.1) is 16.9 Å². The number of nitrogens with two attached hydrogens (primary N) is 2. The van der Waals surface area contributed by atoms with Gasteiger partial charge in [-0.2, -0.15) is 0 Å². The van der Waals surface area contributed by atoms with Crippen LogP contribution >= 0.6 is 12.2 Å². The first kappa shape index (κ1) is 15.9. The van der Waals surface area contributed by atoms with Crippen LogP contribution in [0.2, 0.25) is 0 Å². The molecule has 0 aromatic carbocycles. The molecule has 2 amide bonds. The molecule has 1 aliphatic rings. The van der Waals surface area contributed by atoms with Gasteiger partial charge in [-0.1, -0.05) is 38.9 Å². The van der Waals surface area contributed by atoms with Crippen molar-refractivity contribution in [1.82, 2.24) is 4.90 Å². The number of rotatable bonds is 6. The van der Waals surface area contributed by atoms with Gasteiger partial charge >= 0.3 is 0 Å². The molecule has 0 radical (unpaired) electrons. The lowest BCUT2D eigenvalue weighted by molar-refractivity contribution is -0.141. The van der Waals surface area contributed by atoms with Gasteiger partial charge in [0.1, 0.15) is 0 Å². The highest BCUT2D eigenvalue weighted by molar-refractivity contribution is 7.80. The highest BCUT2D eigenvalue weighted by Gasteiger charge is 2.46. The summed E-state index contributed by atoms with van der Waals surface area (Å²) in [5.74, 6) is -0.386. The third kappa shape index (κ3) is 3.65. The first-order valence-corrected chi connectivity index (χ1v) is 7.08. The first-order valence-electron chi connectivity index (χ1n) is 6.67. The molecule has 0 spiro atoms. The molecular weight excluding hydrogens is 262 g/mol. The summed E-state index contributed by atoms with van der Waals surface area (Å²) in [6, 6.07) is 0. The lowest BCUT2D eigenvalue weighted by Crippen LogP contribution is -2.52. The minimum Gasteiger partial charge on any atom is -0.392 e. The van der Waals surface area contributed by atoms with Crippen LogP contribution in [-0.2, 0) is 9.59 Å². The molecule has 1 rings (SSSR count). The van der Waals surface area contributed by atoms with E-state index in [1.807, 2.05) is 13.8 Å². The van der Waals surface area contributed by atoms with E-state index in [-0.39, 0.29) is 23.4 Å². The Balaban J connectivity index is 2.96. The fourth-order valence-corrected chi connectivity index (χ4v) is 2.99. The summed E-state index contributed by atoms with van der Waals surface area (Å²) in [6.45, 7) is 4.40. The molecule has 5 nitrogen and oxygen atoms in total. The maximum Gasteiger partial charge on any atom is 0.237 e. The third-order valence-corrected chi connectivity index (χ3v) is 3.95. The average Bonchev–Trinajstić information content (AvgIpc) is 2.76. The number of hydrogen-bond donors (Lipinski definition) is 2. The molecule has 0 saturated heterocycles. The maximum absolute atomic E-state index is 12.7. The lowest BCUT2D eigenvalue weighted by Gasteiger charge is -2.34. The van der Waals surface area contributed by atoms with Crippen molar-refractivity contribution in [3.05, 3.63) is 0 Å². The molecule has 0 bridgehead atoms. The molecule has 19 heavy (non-hydrogen) atoms.